The van der Waals surface area contributed by atoms with Crippen molar-refractivity contribution in [3.05, 3.63) is 0 Å². The van der Waals surface area contributed by atoms with Crippen molar-refractivity contribution in [2.75, 3.05) is 13.2 Å². The van der Waals surface area contributed by atoms with Gasteiger partial charge in [-0.05, 0) is 12.8 Å². The summed E-state index contributed by atoms with van der Waals surface area (Å²) in [6.07, 6.45) is 6.10. The molecule has 0 aromatic heterocycles. The average molecular weight is 186 g/mol. The highest BCUT2D eigenvalue weighted by atomic mass is 16.6. The highest BCUT2D eigenvalue weighted by molar-refractivity contribution is 4.77. The highest BCUT2D eigenvalue weighted by Gasteiger charge is 2.29. The van der Waals surface area contributed by atoms with Crippen LogP contribution in [0.5, 0.6) is 0 Å². The molecule has 0 radical (unpaired) electrons. The van der Waals surface area contributed by atoms with E-state index in [1.54, 1.807) is 0 Å². The monoisotopic (exact) mass is 186 g/mol. The first kappa shape index (κ1) is 9.44. The molecule has 1 aliphatic heterocycles. The summed E-state index contributed by atoms with van der Waals surface area (Å²) in [5, 5.41) is 9.47. The van der Waals surface area contributed by atoms with Gasteiger partial charge in [0, 0.05) is 0 Å². The number of hydrogen-bond donors (Lipinski definition) is 1. The summed E-state index contributed by atoms with van der Waals surface area (Å²) < 4.78 is 10.9. The van der Waals surface area contributed by atoms with E-state index in [2.05, 4.69) is 0 Å². The van der Waals surface area contributed by atoms with E-state index in [0.717, 1.165) is 12.8 Å². The molecule has 1 aliphatic carbocycles. The predicted octanol–water partition coefficient (Wildman–Crippen LogP) is 1.10. The molecule has 2 fully saturated rings. The number of rotatable bonds is 2. The van der Waals surface area contributed by atoms with Crippen LogP contribution in [0.15, 0.2) is 0 Å². The van der Waals surface area contributed by atoms with E-state index in [1.807, 2.05) is 0 Å². The fourth-order valence-electron chi connectivity index (χ4n) is 2.10. The molecule has 3 nitrogen and oxygen atoms in total. The number of ether oxygens (including phenoxy) is 2. The average Bonchev–Trinajstić information content (AvgIpc) is 2.54. The van der Waals surface area contributed by atoms with Gasteiger partial charge in [0.25, 0.3) is 0 Å². The van der Waals surface area contributed by atoms with E-state index in [4.69, 9.17) is 9.47 Å². The molecule has 0 amide bonds. The minimum absolute atomic E-state index is 0.0666. The molecule has 2 aliphatic rings. The lowest BCUT2D eigenvalue weighted by atomic mass is 9.97. The van der Waals surface area contributed by atoms with Crippen LogP contribution in [-0.2, 0) is 9.47 Å². The molecule has 0 aromatic carbocycles. The second-order valence-electron chi connectivity index (χ2n) is 4.04. The van der Waals surface area contributed by atoms with E-state index < -0.39 is 6.10 Å². The molecule has 1 saturated heterocycles. The van der Waals surface area contributed by atoms with E-state index in [1.165, 1.54) is 19.3 Å². The topological polar surface area (TPSA) is 38.7 Å². The van der Waals surface area contributed by atoms with Gasteiger partial charge in [0.1, 0.15) is 12.2 Å². The molecule has 0 aromatic rings. The fraction of sp³-hybridized carbons (Fsp3) is 1.00. The molecule has 2 rings (SSSR count). The van der Waals surface area contributed by atoms with E-state index in [9.17, 15) is 5.11 Å². The van der Waals surface area contributed by atoms with Crippen LogP contribution in [0.1, 0.15) is 32.1 Å². The van der Waals surface area contributed by atoms with Crippen LogP contribution in [0.25, 0.3) is 0 Å². The summed E-state index contributed by atoms with van der Waals surface area (Å²) in [4.78, 5) is 0. The Kier molecular flexibility index (Phi) is 3.19. The summed E-state index contributed by atoms with van der Waals surface area (Å²) >= 11 is 0. The molecule has 13 heavy (non-hydrogen) atoms. The Morgan fingerprint density at radius 2 is 1.85 bits per heavy atom. The van der Waals surface area contributed by atoms with Crippen molar-refractivity contribution in [2.24, 2.45) is 0 Å². The van der Waals surface area contributed by atoms with Gasteiger partial charge in [-0.25, -0.2) is 0 Å². The third-order valence-electron chi connectivity index (χ3n) is 2.92. The number of hydrogen-bond acceptors (Lipinski definition) is 3. The Labute approximate surface area is 79.0 Å². The molecule has 3 heteroatoms. The van der Waals surface area contributed by atoms with E-state index in [0.29, 0.717) is 19.3 Å². The van der Waals surface area contributed by atoms with Crippen molar-refractivity contribution in [1.82, 2.24) is 0 Å². The normalized spacial score (nSPS) is 36.7. The molecule has 0 spiro atoms. The molecule has 2 atom stereocenters. The summed E-state index contributed by atoms with van der Waals surface area (Å²) in [5.74, 6) is 0. The number of aliphatic hydroxyl groups is 1. The van der Waals surface area contributed by atoms with Crippen molar-refractivity contribution < 1.29 is 14.6 Å². The van der Waals surface area contributed by atoms with Crippen molar-refractivity contribution in [3.8, 4) is 0 Å². The van der Waals surface area contributed by atoms with Gasteiger partial charge in [0.2, 0.25) is 0 Å². The van der Waals surface area contributed by atoms with Gasteiger partial charge in [-0.1, -0.05) is 19.3 Å². The minimum Gasteiger partial charge on any atom is -0.388 e. The van der Waals surface area contributed by atoms with Gasteiger partial charge in [0.15, 0.2) is 0 Å². The Bertz CT molecular complexity index is 154. The lowest BCUT2D eigenvalue weighted by Crippen LogP contribution is -2.32. The largest absolute Gasteiger partial charge is 0.388 e. The smallest absolute Gasteiger partial charge is 0.109 e. The van der Waals surface area contributed by atoms with Gasteiger partial charge in [-0.15, -0.1) is 0 Å². The molecule has 76 valence electrons. The van der Waals surface area contributed by atoms with Crippen molar-refractivity contribution >= 4 is 0 Å². The Morgan fingerprint density at radius 1 is 1.08 bits per heavy atom. The predicted molar refractivity (Wildman–Crippen MR) is 48.6 cm³/mol. The van der Waals surface area contributed by atoms with Crippen LogP contribution < -0.4 is 0 Å². The zero-order valence-corrected chi connectivity index (χ0v) is 7.95. The molecular weight excluding hydrogens is 168 g/mol. The zero-order valence-electron chi connectivity index (χ0n) is 7.95. The lowest BCUT2D eigenvalue weighted by Gasteiger charge is -2.26. The summed E-state index contributed by atoms with van der Waals surface area (Å²) in [7, 11) is 0. The van der Waals surface area contributed by atoms with Crippen molar-refractivity contribution in [1.29, 1.82) is 0 Å². The summed E-state index contributed by atoms with van der Waals surface area (Å²) in [6, 6.07) is 0. The molecule has 1 N–H and O–H groups in total. The van der Waals surface area contributed by atoms with Crippen LogP contribution in [0.4, 0.5) is 0 Å². The van der Waals surface area contributed by atoms with Gasteiger partial charge < -0.3 is 14.6 Å². The van der Waals surface area contributed by atoms with Crippen LogP contribution in [0.3, 0.4) is 0 Å². The van der Waals surface area contributed by atoms with Crippen LogP contribution in [-0.4, -0.2) is 36.6 Å². The lowest BCUT2D eigenvalue weighted by molar-refractivity contribution is -0.0673. The highest BCUT2D eigenvalue weighted by Crippen LogP contribution is 2.23. The molecular formula is C10H18O3. The Hall–Kier alpha value is -0.120. The van der Waals surface area contributed by atoms with Crippen LogP contribution >= 0.6 is 0 Å². The molecule has 1 saturated carbocycles. The van der Waals surface area contributed by atoms with Crippen molar-refractivity contribution in [3.63, 3.8) is 0 Å². The van der Waals surface area contributed by atoms with Crippen molar-refractivity contribution in [2.45, 2.75) is 50.4 Å². The zero-order chi connectivity index (χ0) is 9.10. The third-order valence-corrected chi connectivity index (χ3v) is 2.92. The SMILES string of the molecule is O[C@@H]1COC[C@@H]1OC1CCCCC1. The minimum atomic E-state index is -0.401. The van der Waals surface area contributed by atoms with E-state index in [-0.39, 0.29) is 6.10 Å². The molecule has 1 heterocycles. The van der Waals surface area contributed by atoms with Gasteiger partial charge in [-0.3, -0.25) is 0 Å². The van der Waals surface area contributed by atoms with Crippen LogP contribution in [0.2, 0.25) is 0 Å². The number of aliphatic hydroxyl groups excluding tert-OH is 1. The van der Waals surface area contributed by atoms with Gasteiger partial charge >= 0.3 is 0 Å². The molecule has 0 bridgehead atoms. The first-order valence-electron chi connectivity index (χ1n) is 5.27. The van der Waals surface area contributed by atoms with Gasteiger partial charge in [-0.2, -0.15) is 0 Å². The maximum atomic E-state index is 9.47. The maximum absolute atomic E-state index is 9.47. The van der Waals surface area contributed by atoms with Crippen LogP contribution in [0, 0.1) is 0 Å². The summed E-state index contributed by atoms with van der Waals surface area (Å²) in [5.41, 5.74) is 0. The third kappa shape index (κ3) is 2.42. The Balaban J connectivity index is 1.75. The van der Waals surface area contributed by atoms with E-state index >= 15 is 0 Å². The second kappa shape index (κ2) is 4.40. The Morgan fingerprint density at radius 3 is 2.46 bits per heavy atom. The quantitative estimate of drug-likeness (QED) is 0.701. The first-order chi connectivity index (χ1) is 6.36. The standard InChI is InChI=1S/C10H18O3/c11-9-6-12-7-10(9)13-8-4-2-1-3-5-8/h8-11H,1-7H2/t9-,10+/m1/s1. The second-order valence-corrected chi connectivity index (χ2v) is 4.04. The van der Waals surface area contributed by atoms with Gasteiger partial charge in [0.05, 0.1) is 19.3 Å². The first-order valence-corrected chi connectivity index (χ1v) is 5.27. The molecule has 0 unspecified atom stereocenters. The maximum Gasteiger partial charge on any atom is 0.109 e. The summed E-state index contributed by atoms with van der Waals surface area (Å²) in [6.45, 7) is 1.01. The fourth-order valence-corrected chi connectivity index (χ4v) is 2.10.